The molecule has 2 rings (SSSR count). The van der Waals surface area contributed by atoms with Crippen molar-refractivity contribution in [1.82, 2.24) is 5.32 Å². The minimum Gasteiger partial charge on any atom is -0.496 e. The Bertz CT molecular complexity index is 484. The van der Waals surface area contributed by atoms with Gasteiger partial charge in [-0.05, 0) is 56.8 Å². The Morgan fingerprint density at radius 3 is 2.81 bits per heavy atom. The molecule has 1 fully saturated rings. The molecule has 0 bridgehead atoms. The lowest BCUT2D eigenvalue weighted by Crippen LogP contribution is -2.33. The van der Waals surface area contributed by atoms with Gasteiger partial charge in [-0.25, -0.2) is 0 Å². The van der Waals surface area contributed by atoms with Crippen LogP contribution in [0.15, 0.2) is 10.5 Å². The molecule has 21 heavy (non-hydrogen) atoms. The smallest absolute Gasteiger partial charge is 0.126 e. The van der Waals surface area contributed by atoms with Crippen LogP contribution in [0.2, 0.25) is 0 Å². The first-order valence-corrected chi connectivity index (χ1v) is 8.58. The molecule has 0 spiro atoms. The number of hydrogen-bond donors (Lipinski definition) is 1. The van der Waals surface area contributed by atoms with Crippen molar-refractivity contribution in [2.24, 2.45) is 0 Å². The second-order valence-electron chi connectivity index (χ2n) is 5.73. The standard InChI is InChI=1S/C17H26BrNO2/c1-5-8-19-16(14-7-6-9-21-14)15-12(3)13(18)10-11(2)17(15)20-4/h10,14,16,19H,5-9H2,1-4H3. The predicted octanol–water partition coefficient (Wildman–Crippen LogP) is 4.29. The third kappa shape index (κ3) is 3.61. The average molecular weight is 356 g/mol. The fourth-order valence-corrected chi connectivity index (χ4v) is 3.66. The molecule has 2 unspecified atom stereocenters. The molecule has 1 N–H and O–H groups in total. The molecule has 3 nitrogen and oxygen atoms in total. The molecule has 2 atom stereocenters. The van der Waals surface area contributed by atoms with Crippen LogP contribution in [0.5, 0.6) is 5.75 Å². The van der Waals surface area contributed by atoms with Gasteiger partial charge in [0.2, 0.25) is 0 Å². The van der Waals surface area contributed by atoms with Crippen molar-refractivity contribution < 1.29 is 9.47 Å². The second-order valence-corrected chi connectivity index (χ2v) is 6.58. The van der Waals surface area contributed by atoms with Crippen molar-refractivity contribution >= 4 is 15.9 Å². The highest BCUT2D eigenvalue weighted by atomic mass is 79.9. The molecule has 0 saturated carbocycles. The number of ether oxygens (including phenoxy) is 2. The van der Waals surface area contributed by atoms with E-state index in [0.29, 0.717) is 0 Å². The minimum atomic E-state index is 0.193. The molecule has 0 aromatic heterocycles. The number of halogens is 1. The van der Waals surface area contributed by atoms with Gasteiger partial charge in [0, 0.05) is 16.6 Å². The summed E-state index contributed by atoms with van der Waals surface area (Å²) in [6.07, 6.45) is 3.59. The summed E-state index contributed by atoms with van der Waals surface area (Å²) >= 11 is 3.68. The number of methoxy groups -OCH3 is 1. The van der Waals surface area contributed by atoms with E-state index in [2.05, 4.69) is 48.1 Å². The van der Waals surface area contributed by atoms with Gasteiger partial charge >= 0.3 is 0 Å². The van der Waals surface area contributed by atoms with E-state index in [9.17, 15) is 0 Å². The highest BCUT2D eigenvalue weighted by Gasteiger charge is 2.31. The molecule has 1 aromatic rings. The van der Waals surface area contributed by atoms with E-state index in [1.54, 1.807) is 7.11 Å². The van der Waals surface area contributed by atoms with Crippen LogP contribution in [0, 0.1) is 13.8 Å². The van der Waals surface area contributed by atoms with E-state index in [1.807, 2.05) is 0 Å². The number of nitrogens with one attached hydrogen (secondary N) is 1. The summed E-state index contributed by atoms with van der Waals surface area (Å²) < 4.78 is 12.8. The van der Waals surface area contributed by atoms with Crippen LogP contribution in [0.3, 0.4) is 0 Å². The Balaban J connectivity index is 2.46. The van der Waals surface area contributed by atoms with Crippen molar-refractivity contribution in [3.05, 3.63) is 27.2 Å². The third-order valence-corrected chi connectivity index (χ3v) is 5.00. The van der Waals surface area contributed by atoms with Gasteiger partial charge in [-0.15, -0.1) is 0 Å². The van der Waals surface area contributed by atoms with Crippen LogP contribution in [0.1, 0.15) is 48.9 Å². The Hall–Kier alpha value is -0.580. The first kappa shape index (κ1) is 16.8. The zero-order valence-corrected chi connectivity index (χ0v) is 15.0. The summed E-state index contributed by atoms with van der Waals surface area (Å²) in [5.41, 5.74) is 3.64. The lowest BCUT2D eigenvalue weighted by molar-refractivity contribution is 0.0772. The maximum Gasteiger partial charge on any atom is 0.126 e. The predicted molar refractivity (Wildman–Crippen MR) is 90.2 cm³/mol. The van der Waals surface area contributed by atoms with Gasteiger partial charge in [0.1, 0.15) is 5.75 Å². The summed E-state index contributed by atoms with van der Waals surface area (Å²) in [7, 11) is 1.76. The van der Waals surface area contributed by atoms with Gasteiger partial charge in [0.15, 0.2) is 0 Å². The molecule has 0 aliphatic carbocycles. The van der Waals surface area contributed by atoms with Crippen molar-refractivity contribution in [2.45, 2.75) is 52.2 Å². The van der Waals surface area contributed by atoms with Crippen LogP contribution in [0.4, 0.5) is 0 Å². The SMILES string of the molecule is CCCNC(c1c(C)c(Br)cc(C)c1OC)C1CCCO1. The fraction of sp³-hybridized carbons (Fsp3) is 0.647. The summed E-state index contributed by atoms with van der Waals surface area (Å²) in [6.45, 7) is 8.29. The van der Waals surface area contributed by atoms with E-state index >= 15 is 0 Å². The Morgan fingerprint density at radius 2 is 2.24 bits per heavy atom. The van der Waals surface area contributed by atoms with Gasteiger partial charge < -0.3 is 14.8 Å². The van der Waals surface area contributed by atoms with E-state index < -0.39 is 0 Å². The maximum absolute atomic E-state index is 5.97. The van der Waals surface area contributed by atoms with Crippen LogP contribution >= 0.6 is 15.9 Å². The lowest BCUT2D eigenvalue weighted by Gasteiger charge is -2.29. The zero-order chi connectivity index (χ0) is 15.4. The molecule has 1 heterocycles. The summed E-state index contributed by atoms with van der Waals surface area (Å²) in [4.78, 5) is 0. The lowest BCUT2D eigenvalue weighted by atomic mass is 9.92. The van der Waals surface area contributed by atoms with Gasteiger partial charge in [-0.3, -0.25) is 0 Å². The third-order valence-electron chi connectivity index (χ3n) is 4.17. The molecule has 1 aromatic carbocycles. The molecular weight excluding hydrogens is 330 g/mol. The normalized spacial score (nSPS) is 19.8. The first-order chi connectivity index (χ1) is 10.1. The molecule has 0 radical (unpaired) electrons. The summed E-state index contributed by atoms with van der Waals surface area (Å²) in [5.74, 6) is 0.986. The molecular formula is C17H26BrNO2. The minimum absolute atomic E-state index is 0.193. The number of hydrogen-bond acceptors (Lipinski definition) is 3. The molecule has 118 valence electrons. The van der Waals surface area contributed by atoms with E-state index in [4.69, 9.17) is 9.47 Å². The largest absolute Gasteiger partial charge is 0.496 e. The maximum atomic E-state index is 5.97. The zero-order valence-electron chi connectivity index (χ0n) is 13.5. The number of aryl methyl sites for hydroxylation is 1. The van der Waals surface area contributed by atoms with Crippen molar-refractivity contribution in [2.75, 3.05) is 20.3 Å². The second kappa shape index (κ2) is 7.61. The van der Waals surface area contributed by atoms with Gasteiger partial charge in [-0.2, -0.15) is 0 Å². The molecule has 1 aliphatic rings. The summed E-state index contributed by atoms with van der Waals surface area (Å²) in [6, 6.07) is 2.32. The van der Waals surface area contributed by atoms with Crippen LogP contribution in [0.25, 0.3) is 0 Å². The van der Waals surface area contributed by atoms with Gasteiger partial charge in [0.25, 0.3) is 0 Å². The average Bonchev–Trinajstić information content (AvgIpc) is 2.98. The highest BCUT2D eigenvalue weighted by Crippen LogP contribution is 2.39. The molecule has 1 aliphatic heterocycles. The quantitative estimate of drug-likeness (QED) is 0.825. The molecule has 4 heteroatoms. The van der Waals surface area contributed by atoms with Crippen molar-refractivity contribution in [3.63, 3.8) is 0 Å². The highest BCUT2D eigenvalue weighted by molar-refractivity contribution is 9.10. The van der Waals surface area contributed by atoms with Crippen LogP contribution < -0.4 is 10.1 Å². The number of rotatable bonds is 6. The van der Waals surface area contributed by atoms with Crippen LogP contribution in [-0.2, 0) is 4.74 Å². The fourth-order valence-electron chi connectivity index (χ4n) is 3.11. The topological polar surface area (TPSA) is 30.5 Å². The van der Waals surface area contributed by atoms with Gasteiger partial charge in [-0.1, -0.05) is 22.9 Å². The summed E-state index contributed by atoms with van der Waals surface area (Å²) in [5, 5.41) is 3.67. The van der Waals surface area contributed by atoms with Crippen molar-refractivity contribution in [1.29, 1.82) is 0 Å². The Labute approximate surface area is 136 Å². The van der Waals surface area contributed by atoms with E-state index in [0.717, 1.165) is 48.2 Å². The Morgan fingerprint density at radius 1 is 1.48 bits per heavy atom. The van der Waals surface area contributed by atoms with Crippen molar-refractivity contribution in [3.8, 4) is 5.75 Å². The van der Waals surface area contributed by atoms with E-state index in [-0.39, 0.29) is 12.1 Å². The monoisotopic (exact) mass is 355 g/mol. The Kier molecular flexibility index (Phi) is 6.08. The van der Waals surface area contributed by atoms with Crippen LogP contribution in [-0.4, -0.2) is 26.4 Å². The first-order valence-electron chi connectivity index (χ1n) is 7.78. The number of benzene rings is 1. The van der Waals surface area contributed by atoms with Gasteiger partial charge in [0.05, 0.1) is 19.3 Å². The van der Waals surface area contributed by atoms with E-state index in [1.165, 1.54) is 11.1 Å². The molecule has 1 saturated heterocycles. The molecule has 0 amide bonds.